The number of likely N-dealkylation sites (tertiary alicyclic amines) is 1. The average Bonchev–Trinajstić information content (AvgIpc) is 2.34. The summed E-state index contributed by atoms with van der Waals surface area (Å²) in [5.41, 5.74) is 0. The minimum atomic E-state index is 0.426. The lowest BCUT2D eigenvalue weighted by Gasteiger charge is -2.35. The molecule has 0 aromatic carbocycles. The first-order chi connectivity index (χ1) is 8.52. The molecule has 18 heavy (non-hydrogen) atoms. The molecule has 1 atom stereocenters. The summed E-state index contributed by atoms with van der Waals surface area (Å²) in [5.74, 6) is 1.67. The van der Waals surface area contributed by atoms with E-state index < -0.39 is 0 Å². The van der Waals surface area contributed by atoms with Crippen molar-refractivity contribution in [2.24, 2.45) is 10.9 Å². The number of aliphatic imine (C=N–C) groups is 1. The Morgan fingerprint density at radius 2 is 2.06 bits per heavy atom. The normalized spacial score (nSPS) is 22.6. The summed E-state index contributed by atoms with van der Waals surface area (Å²) in [6.07, 6.45) is 2.65. The molecule has 1 unspecified atom stereocenters. The maximum absolute atomic E-state index is 4.25. The van der Waals surface area contributed by atoms with Gasteiger partial charge < -0.3 is 15.5 Å². The maximum Gasteiger partial charge on any atom is 0.191 e. The van der Waals surface area contributed by atoms with Gasteiger partial charge in [0.05, 0.1) is 0 Å². The van der Waals surface area contributed by atoms with Gasteiger partial charge in [0.2, 0.25) is 0 Å². The molecule has 1 aliphatic heterocycles. The molecule has 0 spiro atoms. The summed E-state index contributed by atoms with van der Waals surface area (Å²) in [4.78, 5) is 6.83. The first-order valence-corrected chi connectivity index (χ1v) is 7.24. The number of hydrogen-bond donors (Lipinski definition) is 2. The molecule has 0 saturated carbocycles. The Morgan fingerprint density at radius 3 is 2.61 bits per heavy atom. The lowest BCUT2D eigenvalue weighted by atomic mass is 9.97. The first-order valence-electron chi connectivity index (χ1n) is 7.24. The van der Waals surface area contributed by atoms with Crippen molar-refractivity contribution in [2.75, 3.05) is 26.7 Å². The number of rotatable bonds is 4. The second-order valence-electron chi connectivity index (χ2n) is 5.85. The largest absolute Gasteiger partial charge is 0.356 e. The van der Waals surface area contributed by atoms with Crippen molar-refractivity contribution in [1.29, 1.82) is 0 Å². The smallest absolute Gasteiger partial charge is 0.191 e. The summed E-state index contributed by atoms with van der Waals surface area (Å²) < 4.78 is 0. The van der Waals surface area contributed by atoms with Crippen LogP contribution in [0.1, 0.15) is 40.5 Å². The summed E-state index contributed by atoms with van der Waals surface area (Å²) in [5, 5.41) is 6.77. The average molecular weight is 254 g/mol. The van der Waals surface area contributed by atoms with Crippen molar-refractivity contribution in [3.63, 3.8) is 0 Å². The Bertz CT molecular complexity index is 261. The molecule has 2 N–H and O–H groups in total. The lowest BCUT2D eigenvalue weighted by molar-refractivity contribution is 0.141. The zero-order valence-electron chi connectivity index (χ0n) is 12.7. The van der Waals surface area contributed by atoms with Crippen LogP contribution >= 0.6 is 0 Å². The van der Waals surface area contributed by atoms with Gasteiger partial charge in [-0.3, -0.25) is 4.99 Å². The van der Waals surface area contributed by atoms with Crippen molar-refractivity contribution in [3.8, 4) is 0 Å². The van der Waals surface area contributed by atoms with Gasteiger partial charge in [-0.1, -0.05) is 0 Å². The van der Waals surface area contributed by atoms with Crippen LogP contribution in [0.15, 0.2) is 4.99 Å². The van der Waals surface area contributed by atoms with Gasteiger partial charge in [-0.25, -0.2) is 0 Å². The van der Waals surface area contributed by atoms with Gasteiger partial charge in [0.1, 0.15) is 0 Å². The fourth-order valence-corrected chi connectivity index (χ4v) is 2.44. The van der Waals surface area contributed by atoms with Crippen LogP contribution in [-0.4, -0.2) is 49.6 Å². The van der Waals surface area contributed by atoms with Gasteiger partial charge in [-0.2, -0.15) is 0 Å². The van der Waals surface area contributed by atoms with Crippen molar-refractivity contribution in [3.05, 3.63) is 0 Å². The molecule has 1 heterocycles. The van der Waals surface area contributed by atoms with Crippen molar-refractivity contribution >= 4 is 5.96 Å². The molecule has 4 nitrogen and oxygen atoms in total. The van der Waals surface area contributed by atoms with Gasteiger partial charge in [0.25, 0.3) is 0 Å². The van der Waals surface area contributed by atoms with Gasteiger partial charge in [-0.15, -0.1) is 0 Å². The van der Waals surface area contributed by atoms with Crippen LogP contribution in [-0.2, 0) is 0 Å². The Labute approximate surface area is 112 Å². The highest BCUT2D eigenvalue weighted by molar-refractivity contribution is 5.79. The van der Waals surface area contributed by atoms with Gasteiger partial charge in [0, 0.05) is 32.2 Å². The number of piperidine rings is 1. The third-order valence-electron chi connectivity index (χ3n) is 3.49. The number of hydrogen-bond acceptors (Lipinski definition) is 2. The topological polar surface area (TPSA) is 39.7 Å². The Morgan fingerprint density at radius 1 is 1.33 bits per heavy atom. The van der Waals surface area contributed by atoms with Crippen LogP contribution < -0.4 is 10.6 Å². The second kappa shape index (κ2) is 7.62. The van der Waals surface area contributed by atoms with E-state index in [2.05, 4.69) is 48.2 Å². The summed E-state index contributed by atoms with van der Waals surface area (Å²) in [6.45, 7) is 12.3. The molecule has 1 aliphatic rings. The Hall–Kier alpha value is -0.770. The van der Waals surface area contributed by atoms with Crippen LogP contribution in [0.3, 0.4) is 0 Å². The number of nitrogens with one attached hydrogen (secondary N) is 2. The molecule has 0 bridgehead atoms. The molecule has 0 aliphatic carbocycles. The number of nitrogens with zero attached hydrogens (tertiary/aromatic N) is 2. The van der Waals surface area contributed by atoms with E-state index in [1.165, 1.54) is 25.9 Å². The highest BCUT2D eigenvalue weighted by Crippen LogP contribution is 2.17. The van der Waals surface area contributed by atoms with Gasteiger partial charge in [0.15, 0.2) is 5.96 Å². The first kappa shape index (κ1) is 15.3. The minimum Gasteiger partial charge on any atom is -0.356 e. The zero-order valence-corrected chi connectivity index (χ0v) is 12.7. The molecule has 1 rings (SSSR count). The van der Waals surface area contributed by atoms with E-state index in [9.17, 15) is 0 Å². The fourth-order valence-electron chi connectivity index (χ4n) is 2.44. The second-order valence-corrected chi connectivity index (χ2v) is 5.85. The van der Waals surface area contributed by atoms with E-state index in [1.807, 2.05) is 7.05 Å². The van der Waals surface area contributed by atoms with Crippen molar-refractivity contribution < 1.29 is 0 Å². The summed E-state index contributed by atoms with van der Waals surface area (Å²) in [6, 6.07) is 1.09. The van der Waals surface area contributed by atoms with Crippen LogP contribution in [0.5, 0.6) is 0 Å². The van der Waals surface area contributed by atoms with E-state index in [1.54, 1.807) is 0 Å². The van der Waals surface area contributed by atoms with E-state index in [0.29, 0.717) is 12.1 Å². The summed E-state index contributed by atoms with van der Waals surface area (Å²) in [7, 11) is 1.83. The molecule has 0 aromatic heterocycles. The lowest BCUT2D eigenvalue weighted by Crippen LogP contribution is -2.47. The zero-order chi connectivity index (χ0) is 13.5. The molecular formula is C14H30N4. The van der Waals surface area contributed by atoms with E-state index in [0.717, 1.165) is 18.4 Å². The molecule has 0 aromatic rings. The van der Waals surface area contributed by atoms with E-state index in [-0.39, 0.29) is 0 Å². The third-order valence-corrected chi connectivity index (χ3v) is 3.49. The summed E-state index contributed by atoms with van der Waals surface area (Å²) >= 11 is 0. The number of guanidine groups is 1. The van der Waals surface area contributed by atoms with Crippen LogP contribution in [0, 0.1) is 5.92 Å². The van der Waals surface area contributed by atoms with E-state index in [4.69, 9.17) is 0 Å². The van der Waals surface area contributed by atoms with Crippen LogP contribution in [0.4, 0.5) is 0 Å². The molecule has 4 heteroatoms. The standard InChI is InChI=1S/C14H30N4/c1-11(2)17-14(15-5)16-9-13-7-6-8-18(10-13)12(3)4/h11-13H,6-10H2,1-5H3,(H2,15,16,17). The molecule has 1 fully saturated rings. The predicted octanol–water partition coefficient (Wildman–Crippen LogP) is 1.68. The molecule has 0 amide bonds. The van der Waals surface area contributed by atoms with E-state index >= 15 is 0 Å². The van der Waals surface area contributed by atoms with Gasteiger partial charge in [-0.05, 0) is 53.0 Å². The minimum absolute atomic E-state index is 0.426. The van der Waals surface area contributed by atoms with Crippen molar-refractivity contribution in [1.82, 2.24) is 15.5 Å². The Kier molecular flexibility index (Phi) is 6.47. The van der Waals surface area contributed by atoms with Crippen molar-refractivity contribution in [2.45, 2.75) is 52.6 Å². The predicted molar refractivity (Wildman–Crippen MR) is 79.1 cm³/mol. The molecule has 106 valence electrons. The Balaban J connectivity index is 2.34. The SMILES string of the molecule is CN=C(NCC1CCCN(C(C)C)C1)NC(C)C. The maximum atomic E-state index is 4.25. The third kappa shape index (κ3) is 5.25. The molecule has 0 radical (unpaired) electrons. The van der Waals surface area contributed by atoms with Gasteiger partial charge >= 0.3 is 0 Å². The van der Waals surface area contributed by atoms with Crippen LogP contribution in [0.25, 0.3) is 0 Å². The quantitative estimate of drug-likeness (QED) is 0.592. The highest BCUT2D eigenvalue weighted by atomic mass is 15.2. The van der Waals surface area contributed by atoms with Crippen LogP contribution in [0.2, 0.25) is 0 Å². The molecular weight excluding hydrogens is 224 g/mol. The fraction of sp³-hybridized carbons (Fsp3) is 0.929. The highest BCUT2D eigenvalue weighted by Gasteiger charge is 2.21. The molecule has 1 saturated heterocycles. The monoisotopic (exact) mass is 254 g/mol.